The second-order valence-electron chi connectivity index (χ2n) is 3.99. The van der Waals surface area contributed by atoms with Crippen LogP contribution in [0.4, 0.5) is 11.4 Å². The van der Waals surface area contributed by atoms with Crippen LogP contribution in [0.15, 0.2) is 42.6 Å². The van der Waals surface area contributed by atoms with Crippen molar-refractivity contribution in [3.8, 4) is 0 Å². The normalized spacial score (nSPS) is 10.2. The first-order chi connectivity index (χ1) is 9.20. The highest BCUT2D eigenvalue weighted by Gasteiger charge is 2.14. The Morgan fingerprint density at radius 3 is 2.79 bits per heavy atom. The number of hydrogen-bond acceptors (Lipinski definition) is 5. The molecule has 0 aliphatic carbocycles. The minimum absolute atomic E-state index is 0.0267. The lowest BCUT2D eigenvalue weighted by molar-refractivity contribution is -0.384. The third-order valence-electron chi connectivity index (χ3n) is 2.68. The first-order valence-electron chi connectivity index (χ1n) is 5.82. The SMILES string of the molecule is NCc1ccc(NCc2ccccn2)c([N+](=O)[O-])c1. The number of pyridine rings is 1. The van der Waals surface area contributed by atoms with E-state index in [0.717, 1.165) is 11.3 Å². The lowest BCUT2D eigenvalue weighted by Gasteiger charge is -2.07. The number of nitro benzene ring substituents is 1. The van der Waals surface area contributed by atoms with Crippen molar-refractivity contribution < 1.29 is 4.92 Å². The Hall–Kier alpha value is -2.47. The third-order valence-corrected chi connectivity index (χ3v) is 2.68. The average molecular weight is 258 g/mol. The van der Waals surface area contributed by atoms with E-state index in [4.69, 9.17) is 5.73 Å². The maximum Gasteiger partial charge on any atom is 0.292 e. The molecular formula is C13H14N4O2. The molecule has 0 saturated carbocycles. The van der Waals surface area contributed by atoms with Crippen LogP contribution in [0.1, 0.15) is 11.3 Å². The van der Waals surface area contributed by atoms with Crippen molar-refractivity contribution in [2.45, 2.75) is 13.1 Å². The van der Waals surface area contributed by atoms with Crippen LogP contribution in [-0.4, -0.2) is 9.91 Å². The van der Waals surface area contributed by atoms with E-state index in [2.05, 4.69) is 10.3 Å². The molecule has 0 aliphatic heterocycles. The summed E-state index contributed by atoms with van der Waals surface area (Å²) in [5.74, 6) is 0. The Morgan fingerprint density at radius 2 is 2.16 bits per heavy atom. The number of anilines is 1. The van der Waals surface area contributed by atoms with Crippen molar-refractivity contribution in [1.82, 2.24) is 4.98 Å². The fourth-order valence-corrected chi connectivity index (χ4v) is 1.69. The first-order valence-corrected chi connectivity index (χ1v) is 5.82. The van der Waals surface area contributed by atoms with Crippen LogP contribution >= 0.6 is 0 Å². The first kappa shape index (κ1) is 13.0. The summed E-state index contributed by atoms with van der Waals surface area (Å²) in [7, 11) is 0. The van der Waals surface area contributed by atoms with Gasteiger partial charge in [0.2, 0.25) is 0 Å². The van der Waals surface area contributed by atoms with Gasteiger partial charge in [-0.05, 0) is 23.8 Å². The summed E-state index contributed by atoms with van der Waals surface area (Å²) >= 11 is 0. The van der Waals surface area contributed by atoms with Gasteiger partial charge in [0.25, 0.3) is 5.69 Å². The zero-order valence-electron chi connectivity index (χ0n) is 10.2. The van der Waals surface area contributed by atoms with E-state index in [0.29, 0.717) is 12.2 Å². The van der Waals surface area contributed by atoms with Gasteiger partial charge in [0.05, 0.1) is 17.2 Å². The van der Waals surface area contributed by atoms with Crippen molar-refractivity contribution in [3.05, 3.63) is 64.0 Å². The summed E-state index contributed by atoms with van der Waals surface area (Å²) in [6.45, 7) is 0.713. The van der Waals surface area contributed by atoms with Gasteiger partial charge in [-0.25, -0.2) is 0 Å². The number of aromatic nitrogens is 1. The second-order valence-corrected chi connectivity index (χ2v) is 3.99. The summed E-state index contributed by atoms with van der Waals surface area (Å²) < 4.78 is 0. The monoisotopic (exact) mass is 258 g/mol. The van der Waals surface area contributed by atoms with Crippen LogP contribution in [0, 0.1) is 10.1 Å². The van der Waals surface area contributed by atoms with Crippen molar-refractivity contribution in [2.75, 3.05) is 5.32 Å². The number of nitrogens with one attached hydrogen (secondary N) is 1. The van der Waals surface area contributed by atoms with Crippen LogP contribution < -0.4 is 11.1 Å². The van der Waals surface area contributed by atoms with Crippen molar-refractivity contribution in [2.24, 2.45) is 5.73 Å². The van der Waals surface area contributed by atoms with E-state index in [1.807, 2.05) is 18.2 Å². The third kappa shape index (κ3) is 3.26. The molecule has 0 radical (unpaired) electrons. The van der Waals surface area contributed by atoms with Crippen LogP contribution in [-0.2, 0) is 13.1 Å². The number of benzene rings is 1. The van der Waals surface area contributed by atoms with Crippen molar-refractivity contribution in [1.29, 1.82) is 0 Å². The molecule has 0 aliphatic rings. The summed E-state index contributed by atoms with van der Waals surface area (Å²) in [5.41, 5.74) is 7.52. The molecule has 0 unspecified atom stereocenters. The highest BCUT2D eigenvalue weighted by Crippen LogP contribution is 2.25. The quantitative estimate of drug-likeness (QED) is 0.632. The zero-order chi connectivity index (χ0) is 13.7. The molecule has 0 spiro atoms. The largest absolute Gasteiger partial charge is 0.374 e. The van der Waals surface area contributed by atoms with Gasteiger partial charge in [0.1, 0.15) is 5.69 Å². The molecule has 98 valence electrons. The standard InChI is InChI=1S/C13H14N4O2/c14-8-10-4-5-12(13(7-10)17(18)19)16-9-11-3-1-2-6-15-11/h1-7,16H,8-9,14H2. The average Bonchev–Trinajstić information content (AvgIpc) is 2.46. The van der Waals surface area contributed by atoms with Gasteiger partial charge in [0, 0.05) is 18.8 Å². The van der Waals surface area contributed by atoms with Gasteiger partial charge in [0.15, 0.2) is 0 Å². The predicted molar refractivity (Wildman–Crippen MR) is 72.6 cm³/mol. The van der Waals surface area contributed by atoms with E-state index >= 15 is 0 Å². The smallest absolute Gasteiger partial charge is 0.292 e. The van der Waals surface area contributed by atoms with E-state index in [1.165, 1.54) is 6.07 Å². The Bertz CT molecular complexity index is 572. The predicted octanol–water partition coefficient (Wildman–Crippen LogP) is 2.06. The van der Waals surface area contributed by atoms with E-state index < -0.39 is 4.92 Å². The number of nitro groups is 1. The molecule has 0 atom stereocenters. The van der Waals surface area contributed by atoms with Crippen LogP contribution in [0.2, 0.25) is 0 Å². The Balaban J connectivity index is 2.18. The second kappa shape index (κ2) is 5.92. The van der Waals surface area contributed by atoms with Gasteiger partial charge in [-0.2, -0.15) is 0 Å². The summed E-state index contributed by atoms with van der Waals surface area (Å²) in [6.07, 6.45) is 1.68. The molecular weight excluding hydrogens is 244 g/mol. The zero-order valence-corrected chi connectivity index (χ0v) is 10.2. The van der Waals surface area contributed by atoms with Crippen molar-refractivity contribution >= 4 is 11.4 Å². The van der Waals surface area contributed by atoms with Gasteiger partial charge in [-0.15, -0.1) is 0 Å². The minimum atomic E-state index is -0.417. The molecule has 0 bridgehead atoms. The molecule has 1 aromatic carbocycles. The maximum absolute atomic E-state index is 11.0. The lowest BCUT2D eigenvalue weighted by Crippen LogP contribution is -2.05. The highest BCUT2D eigenvalue weighted by molar-refractivity contribution is 5.62. The maximum atomic E-state index is 11.0. The van der Waals surface area contributed by atoms with Crippen LogP contribution in [0.3, 0.4) is 0 Å². The molecule has 0 fully saturated rings. The molecule has 0 amide bonds. The van der Waals surface area contributed by atoms with Gasteiger partial charge >= 0.3 is 0 Å². The van der Waals surface area contributed by atoms with Gasteiger partial charge < -0.3 is 11.1 Å². The Kier molecular flexibility index (Phi) is 4.04. The number of nitrogens with zero attached hydrogens (tertiary/aromatic N) is 2. The number of nitrogens with two attached hydrogens (primary N) is 1. The molecule has 19 heavy (non-hydrogen) atoms. The van der Waals surface area contributed by atoms with Crippen molar-refractivity contribution in [3.63, 3.8) is 0 Å². The molecule has 2 rings (SSSR count). The van der Waals surface area contributed by atoms with E-state index in [9.17, 15) is 10.1 Å². The summed E-state index contributed by atoms with van der Waals surface area (Å²) in [5, 5.41) is 14.0. The summed E-state index contributed by atoms with van der Waals surface area (Å²) in [4.78, 5) is 14.7. The molecule has 1 aromatic heterocycles. The van der Waals surface area contributed by atoms with Gasteiger partial charge in [-0.3, -0.25) is 15.1 Å². The molecule has 6 heteroatoms. The molecule has 6 nitrogen and oxygen atoms in total. The fourth-order valence-electron chi connectivity index (χ4n) is 1.69. The molecule has 1 heterocycles. The molecule has 2 aromatic rings. The number of rotatable bonds is 5. The Morgan fingerprint density at radius 1 is 1.32 bits per heavy atom. The number of hydrogen-bond donors (Lipinski definition) is 2. The topological polar surface area (TPSA) is 94.1 Å². The molecule has 0 saturated heterocycles. The summed E-state index contributed by atoms with van der Waals surface area (Å²) in [6, 6.07) is 10.5. The minimum Gasteiger partial charge on any atom is -0.374 e. The van der Waals surface area contributed by atoms with E-state index in [-0.39, 0.29) is 12.2 Å². The fraction of sp³-hybridized carbons (Fsp3) is 0.154. The van der Waals surface area contributed by atoms with E-state index in [1.54, 1.807) is 18.3 Å². The molecule has 3 N–H and O–H groups in total. The Labute approximate surface area is 110 Å². The van der Waals surface area contributed by atoms with Crippen LogP contribution in [0.5, 0.6) is 0 Å². The lowest BCUT2D eigenvalue weighted by atomic mass is 10.1. The van der Waals surface area contributed by atoms with Gasteiger partial charge in [-0.1, -0.05) is 12.1 Å². The van der Waals surface area contributed by atoms with Crippen LogP contribution in [0.25, 0.3) is 0 Å². The highest BCUT2D eigenvalue weighted by atomic mass is 16.6.